The van der Waals surface area contributed by atoms with Crippen LogP contribution >= 0.6 is 11.6 Å². The van der Waals surface area contributed by atoms with Gasteiger partial charge in [0.1, 0.15) is 5.82 Å². The molecule has 2 N–H and O–H groups in total. The Morgan fingerprint density at radius 1 is 1.40 bits per heavy atom. The second-order valence-corrected chi connectivity index (χ2v) is 4.88. The number of urea groups is 1. The van der Waals surface area contributed by atoms with Crippen LogP contribution in [-0.2, 0) is 0 Å². The molecule has 0 heterocycles. The quantitative estimate of drug-likeness (QED) is 0.758. The Morgan fingerprint density at radius 2 is 2.15 bits per heavy atom. The molecule has 0 saturated carbocycles. The molecule has 0 aromatic heterocycles. The molecule has 0 radical (unpaired) electrons. The Kier molecular flexibility index (Phi) is 7.33. The average Bonchev–Trinajstić information content (AvgIpc) is 2.41. The first-order valence-corrected chi connectivity index (χ1v) is 7.08. The van der Waals surface area contributed by atoms with Gasteiger partial charge in [-0.1, -0.05) is 31.4 Å². The van der Waals surface area contributed by atoms with Crippen LogP contribution < -0.4 is 5.32 Å². The summed E-state index contributed by atoms with van der Waals surface area (Å²) < 4.78 is 12.9. The number of unbranched alkanes of at least 4 members (excludes halogenated alkanes) is 2. The summed E-state index contributed by atoms with van der Waals surface area (Å²) in [7, 11) is 0. The van der Waals surface area contributed by atoms with Crippen LogP contribution in [0, 0.1) is 5.82 Å². The number of halogens is 2. The number of rotatable bonds is 7. The van der Waals surface area contributed by atoms with Gasteiger partial charge in [-0.15, -0.1) is 0 Å². The van der Waals surface area contributed by atoms with Crippen LogP contribution in [0.15, 0.2) is 18.2 Å². The van der Waals surface area contributed by atoms with Crippen molar-refractivity contribution in [3.8, 4) is 0 Å². The van der Waals surface area contributed by atoms with Gasteiger partial charge in [0.15, 0.2) is 0 Å². The van der Waals surface area contributed by atoms with E-state index in [4.69, 9.17) is 16.7 Å². The van der Waals surface area contributed by atoms with Crippen molar-refractivity contribution in [1.82, 2.24) is 4.90 Å². The molecule has 2 amide bonds. The zero-order valence-electron chi connectivity index (χ0n) is 11.5. The molecule has 0 saturated heterocycles. The summed E-state index contributed by atoms with van der Waals surface area (Å²) in [6.45, 7) is 2.80. The maximum absolute atomic E-state index is 12.9. The fourth-order valence-electron chi connectivity index (χ4n) is 1.77. The lowest BCUT2D eigenvalue weighted by Crippen LogP contribution is -2.37. The van der Waals surface area contributed by atoms with E-state index in [9.17, 15) is 9.18 Å². The summed E-state index contributed by atoms with van der Waals surface area (Å²) >= 11 is 5.86. The Balaban J connectivity index is 2.64. The summed E-state index contributed by atoms with van der Waals surface area (Å²) in [4.78, 5) is 13.6. The van der Waals surface area contributed by atoms with E-state index in [1.54, 1.807) is 0 Å². The molecule has 6 heteroatoms. The minimum Gasteiger partial charge on any atom is -0.395 e. The lowest BCUT2D eigenvalue weighted by atomic mass is 10.2. The summed E-state index contributed by atoms with van der Waals surface area (Å²) in [6, 6.07) is 3.45. The van der Waals surface area contributed by atoms with Gasteiger partial charge in [-0.3, -0.25) is 0 Å². The van der Waals surface area contributed by atoms with Crippen LogP contribution in [0.25, 0.3) is 0 Å². The van der Waals surface area contributed by atoms with Gasteiger partial charge in [0, 0.05) is 13.1 Å². The van der Waals surface area contributed by atoms with E-state index in [1.165, 1.54) is 17.0 Å². The first kappa shape index (κ1) is 16.7. The lowest BCUT2D eigenvalue weighted by molar-refractivity contribution is 0.187. The maximum atomic E-state index is 12.9. The summed E-state index contributed by atoms with van der Waals surface area (Å²) in [6.07, 6.45) is 2.95. The monoisotopic (exact) mass is 302 g/mol. The topological polar surface area (TPSA) is 52.6 Å². The SMILES string of the molecule is CCCCCN(CCO)C(=O)Nc1ccc(F)cc1Cl. The third kappa shape index (κ3) is 5.35. The molecule has 0 aliphatic carbocycles. The highest BCUT2D eigenvalue weighted by atomic mass is 35.5. The highest BCUT2D eigenvalue weighted by Gasteiger charge is 2.14. The van der Waals surface area contributed by atoms with Gasteiger partial charge in [0.2, 0.25) is 0 Å². The Morgan fingerprint density at radius 3 is 2.75 bits per heavy atom. The predicted molar refractivity (Wildman–Crippen MR) is 78.6 cm³/mol. The highest BCUT2D eigenvalue weighted by Crippen LogP contribution is 2.22. The summed E-state index contributed by atoms with van der Waals surface area (Å²) in [5, 5.41) is 11.8. The number of benzene rings is 1. The molecule has 0 spiro atoms. The van der Waals surface area contributed by atoms with Gasteiger partial charge in [0.25, 0.3) is 0 Å². The first-order valence-electron chi connectivity index (χ1n) is 6.70. The van der Waals surface area contributed by atoms with E-state index in [0.717, 1.165) is 25.3 Å². The standard InChI is InChI=1S/C14H20ClFN2O2/c1-2-3-4-7-18(8-9-19)14(20)17-13-6-5-11(16)10-12(13)15/h5-6,10,19H,2-4,7-9H2,1H3,(H,17,20). The van der Waals surface area contributed by atoms with Gasteiger partial charge in [-0.2, -0.15) is 0 Å². The summed E-state index contributed by atoms with van der Waals surface area (Å²) in [5.41, 5.74) is 0.358. The van der Waals surface area contributed by atoms with Crippen LogP contribution in [0.2, 0.25) is 5.02 Å². The third-order valence-electron chi connectivity index (χ3n) is 2.86. The largest absolute Gasteiger partial charge is 0.395 e. The highest BCUT2D eigenvalue weighted by molar-refractivity contribution is 6.33. The Labute approximate surface area is 123 Å². The molecular formula is C14H20ClFN2O2. The van der Waals surface area contributed by atoms with Crippen LogP contribution in [0.3, 0.4) is 0 Å². The van der Waals surface area contributed by atoms with Crippen molar-refractivity contribution in [2.24, 2.45) is 0 Å². The van der Waals surface area contributed by atoms with Crippen molar-refractivity contribution < 1.29 is 14.3 Å². The smallest absolute Gasteiger partial charge is 0.321 e. The zero-order valence-corrected chi connectivity index (χ0v) is 12.3. The molecule has 0 atom stereocenters. The van der Waals surface area contributed by atoms with Gasteiger partial charge >= 0.3 is 6.03 Å². The Hall–Kier alpha value is -1.33. The fraction of sp³-hybridized carbons (Fsp3) is 0.500. The van der Waals surface area contributed by atoms with Crippen molar-refractivity contribution in [2.45, 2.75) is 26.2 Å². The number of carbonyl (C=O) groups is 1. The molecule has 1 aromatic carbocycles. The van der Waals surface area contributed by atoms with E-state index in [-0.39, 0.29) is 24.2 Å². The number of amides is 2. The molecule has 112 valence electrons. The molecule has 0 unspecified atom stereocenters. The number of hydrogen-bond donors (Lipinski definition) is 2. The maximum Gasteiger partial charge on any atom is 0.321 e. The van der Waals surface area contributed by atoms with E-state index in [2.05, 4.69) is 12.2 Å². The Bertz CT molecular complexity index is 443. The fourth-order valence-corrected chi connectivity index (χ4v) is 1.99. The van der Waals surface area contributed by atoms with Gasteiger partial charge in [0.05, 0.1) is 17.3 Å². The second kappa shape index (κ2) is 8.76. The third-order valence-corrected chi connectivity index (χ3v) is 3.17. The van der Waals surface area contributed by atoms with E-state index >= 15 is 0 Å². The van der Waals surface area contributed by atoms with Crippen LogP contribution in [0.4, 0.5) is 14.9 Å². The molecule has 1 rings (SSSR count). The number of hydrogen-bond acceptors (Lipinski definition) is 2. The van der Waals surface area contributed by atoms with Crippen molar-refractivity contribution in [3.63, 3.8) is 0 Å². The molecule has 1 aromatic rings. The molecule has 0 aliphatic rings. The average molecular weight is 303 g/mol. The van der Waals surface area contributed by atoms with Crippen molar-refractivity contribution in [1.29, 1.82) is 0 Å². The van der Waals surface area contributed by atoms with Crippen LogP contribution in [0.1, 0.15) is 26.2 Å². The van der Waals surface area contributed by atoms with Gasteiger partial charge < -0.3 is 15.3 Å². The number of nitrogens with zero attached hydrogens (tertiary/aromatic N) is 1. The second-order valence-electron chi connectivity index (χ2n) is 4.47. The lowest BCUT2D eigenvalue weighted by Gasteiger charge is -2.22. The normalized spacial score (nSPS) is 10.4. The number of aliphatic hydroxyl groups excluding tert-OH is 1. The summed E-state index contributed by atoms with van der Waals surface area (Å²) in [5.74, 6) is -0.455. The number of anilines is 1. The van der Waals surface area contributed by atoms with Gasteiger partial charge in [-0.05, 0) is 24.6 Å². The molecule has 0 aliphatic heterocycles. The molecular weight excluding hydrogens is 283 g/mol. The van der Waals surface area contributed by atoms with E-state index in [1.807, 2.05) is 0 Å². The predicted octanol–water partition coefficient (Wildman–Crippen LogP) is 3.50. The number of nitrogens with one attached hydrogen (secondary N) is 1. The van der Waals surface area contributed by atoms with Gasteiger partial charge in [-0.25, -0.2) is 9.18 Å². The minimum atomic E-state index is -0.455. The molecule has 0 bridgehead atoms. The van der Waals surface area contributed by atoms with Crippen molar-refractivity contribution in [2.75, 3.05) is 25.0 Å². The van der Waals surface area contributed by atoms with Crippen molar-refractivity contribution >= 4 is 23.3 Å². The van der Waals surface area contributed by atoms with Crippen LogP contribution in [-0.4, -0.2) is 35.7 Å². The molecule has 0 fully saturated rings. The molecule has 4 nitrogen and oxygen atoms in total. The van der Waals surface area contributed by atoms with E-state index < -0.39 is 5.82 Å². The van der Waals surface area contributed by atoms with Crippen molar-refractivity contribution in [3.05, 3.63) is 29.0 Å². The van der Waals surface area contributed by atoms with E-state index in [0.29, 0.717) is 12.2 Å². The zero-order chi connectivity index (χ0) is 15.0. The number of carbonyl (C=O) groups excluding carboxylic acids is 1. The number of aliphatic hydroxyl groups is 1. The minimum absolute atomic E-state index is 0.101. The molecule has 20 heavy (non-hydrogen) atoms. The first-order chi connectivity index (χ1) is 9.58. The van der Waals surface area contributed by atoms with Crippen LogP contribution in [0.5, 0.6) is 0 Å².